The number of nitrogens with zero attached hydrogens (tertiary/aromatic N) is 1. The highest BCUT2D eigenvalue weighted by Crippen LogP contribution is 2.15. The smallest absolute Gasteiger partial charge is 0.0682 e. The van der Waals surface area contributed by atoms with E-state index in [0.29, 0.717) is 0 Å². The first-order chi connectivity index (χ1) is 6.90. The Morgan fingerprint density at radius 3 is 2.64 bits per heavy atom. The number of rotatable bonds is 1. The zero-order valence-corrected chi connectivity index (χ0v) is 8.16. The Hall–Kier alpha value is -1.46. The van der Waals surface area contributed by atoms with Crippen LogP contribution in [0.15, 0.2) is 24.3 Å². The van der Waals surface area contributed by atoms with Gasteiger partial charge in [-0.25, -0.2) is 0 Å². The summed E-state index contributed by atoms with van der Waals surface area (Å²) in [6.07, 6.45) is 6.51. The van der Waals surface area contributed by atoms with Gasteiger partial charge in [0.2, 0.25) is 0 Å². The number of terminal acetylenes is 1. The first kappa shape index (κ1) is 9.11. The van der Waals surface area contributed by atoms with E-state index in [-0.39, 0.29) is 0 Å². The number of hydrogen-bond acceptors (Lipinski definition) is 2. The van der Waals surface area contributed by atoms with E-state index in [0.717, 1.165) is 25.3 Å². The Kier molecular flexibility index (Phi) is 2.71. The largest absolute Gasteiger partial charge is 0.359 e. The zero-order chi connectivity index (χ0) is 9.80. The molecule has 0 bridgehead atoms. The standard InChI is InChI=1S/C12H14N2/c1-2-11-4-6-12(7-5-11)14-9-3-8-13-10-14/h1,4-7,13H,3,8-10H2. The zero-order valence-electron chi connectivity index (χ0n) is 8.16. The molecule has 1 aliphatic rings. The van der Waals surface area contributed by atoms with Gasteiger partial charge in [-0.1, -0.05) is 5.92 Å². The molecule has 2 heteroatoms. The fourth-order valence-electron chi connectivity index (χ4n) is 1.68. The summed E-state index contributed by atoms with van der Waals surface area (Å²) in [5.74, 6) is 2.62. The van der Waals surface area contributed by atoms with Crippen LogP contribution in [0, 0.1) is 12.3 Å². The van der Waals surface area contributed by atoms with Gasteiger partial charge in [-0.15, -0.1) is 6.42 Å². The summed E-state index contributed by atoms with van der Waals surface area (Å²) >= 11 is 0. The van der Waals surface area contributed by atoms with Crippen LogP contribution in [0.25, 0.3) is 0 Å². The molecule has 0 aliphatic carbocycles. The number of anilines is 1. The van der Waals surface area contributed by atoms with Gasteiger partial charge in [0.1, 0.15) is 0 Å². The second kappa shape index (κ2) is 4.17. The molecule has 0 saturated carbocycles. The number of benzene rings is 1. The normalized spacial score (nSPS) is 16.4. The monoisotopic (exact) mass is 186 g/mol. The molecule has 1 aromatic carbocycles. The third-order valence-corrected chi connectivity index (χ3v) is 2.48. The van der Waals surface area contributed by atoms with Gasteiger partial charge in [0, 0.05) is 17.8 Å². The van der Waals surface area contributed by atoms with Crippen LogP contribution < -0.4 is 10.2 Å². The molecule has 0 aromatic heterocycles. The van der Waals surface area contributed by atoms with Crippen molar-refractivity contribution in [2.75, 3.05) is 24.7 Å². The Morgan fingerprint density at radius 1 is 1.29 bits per heavy atom. The molecule has 0 unspecified atom stereocenters. The van der Waals surface area contributed by atoms with E-state index < -0.39 is 0 Å². The summed E-state index contributed by atoms with van der Waals surface area (Å²) < 4.78 is 0. The molecule has 0 atom stereocenters. The minimum atomic E-state index is 0.940. The topological polar surface area (TPSA) is 15.3 Å². The molecule has 0 amide bonds. The minimum Gasteiger partial charge on any atom is -0.359 e. The molecule has 14 heavy (non-hydrogen) atoms. The maximum atomic E-state index is 5.30. The van der Waals surface area contributed by atoms with Gasteiger partial charge >= 0.3 is 0 Å². The summed E-state index contributed by atoms with van der Waals surface area (Å²) in [5.41, 5.74) is 2.19. The lowest BCUT2D eigenvalue weighted by molar-refractivity contribution is 0.553. The van der Waals surface area contributed by atoms with Crippen molar-refractivity contribution in [1.29, 1.82) is 0 Å². The lowest BCUT2D eigenvalue weighted by Crippen LogP contribution is -2.41. The maximum absolute atomic E-state index is 5.30. The maximum Gasteiger partial charge on any atom is 0.0682 e. The predicted octanol–water partition coefficient (Wildman–Crippen LogP) is 1.43. The molecule has 2 nitrogen and oxygen atoms in total. The van der Waals surface area contributed by atoms with Gasteiger partial charge in [0.05, 0.1) is 6.67 Å². The molecule has 72 valence electrons. The van der Waals surface area contributed by atoms with Crippen molar-refractivity contribution in [3.63, 3.8) is 0 Å². The lowest BCUT2D eigenvalue weighted by Gasteiger charge is -2.29. The van der Waals surface area contributed by atoms with Gasteiger partial charge in [-0.2, -0.15) is 0 Å². The van der Waals surface area contributed by atoms with Gasteiger partial charge in [-0.05, 0) is 37.2 Å². The van der Waals surface area contributed by atoms with E-state index >= 15 is 0 Å². The summed E-state index contributed by atoms with van der Waals surface area (Å²) in [5, 5.41) is 3.35. The predicted molar refractivity (Wildman–Crippen MR) is 59.2 cm³/mol. The molecular weight excluding hydrogens is 172 g/mol. The molecule has 1 saturated heterocycles. The van der Waals surface area contributed by atoms with Crippen LogP contribution in [0.4, 0.5) is 5.69 Å². The minimum absolute atomic E-state index is 0.940. The summed E-state index contributed by atoms with van der Waals surface area (Å²) in [6, 6.07) is 8.15. The molecule has 2 rings (SSSR count). The van der Waals surface area contributed by atoms with Crippen molar-refractivity contribution in [2.45, 2.75) is 6.42 Å². The van der Waals surface area contributed by atoms with Crippen LogP contribution in [0.2, 0.25) is 0 Å². The average Bonchev–Trinajstić information content (AvgIpc) is 2.30. The Morgan fingerprint density at radius 2 is 2.07 bits per heavy atom. The molecule has 1 heterocycles. The lowest BCUT2D eigenvalue weighted by atomic mass is 10.2. The summed E-state index contributed by atoms with van der Waals surface area (Å²) in [4.78, 5) is 2.32. The Labute approximate surface area is 84.9 Å². The fraction of sp³-hybridized carbons (Fsp3) is 0.333. The molecule has 1 aromatic rings. The van der Waals surface area contributed by atoms with Crippen molar-refractivity contribution >= 4 is 5.69 Å². The Bertz CT molecular complexity index is 328. The number of nitrogens with one attached hydrogen (secondary N) is 1. The van der Waals surface area contributed by atoms with Crippen molar-refractivity contribution in [2.24, 2.45) is 0 Å². The fourth-order valence-corrected chi connectivity index (χ4v) is 1.68. The van der Waals surface area contributed by atoms with Gasteiger partial charge < -0.3 is 4.90 Å². The molecule has 0 radical (unpaired) electrons. The van der Waals surface area contributed by atoms with E-state index in [4.69, 9.17) is 6.42 Å². The van der Waals surface area contributed by atoms with Crippen molar-refractivity contribution in [3.05, 3.63) is 29.8 Å². The first-order valence-corrected chi connectivity index (χ1v) is 4.92. The van der Waals surface area contributed by atoms with Crippen LogP contribution in [-0.4, -0.2) is 19.8 Å². The third kappa shape index (κ3) is 1.89. The van der Waals surface area contributed by atoms with Crippen molar-refractivity contribution in [1.82, 2.24) is 5.32 Å². The molecule has 1 aliphatic heterocycles. The van der Waals surface area contributed by atoms with Crippen molar-refractivity contribution in [3.8, 4) is 12.3 Å². The van der Waals surface area contributed by atoms with Gasteiger partial charge in [-0.3, -0.25) is 5.32 Å². The van der Waals surface area contributed by atoms with Gasteiger partial charge in [0.25, 0.3) is 0 Å². The van der Waals surface area contributed by atoms with Crippen molar-refractivity contribution < 1.29 is 0 Å². The highest BCUT2D eigenvalue weighted by Gasteiger charge is 2.09. The molecule has 0 spiro atoms. The highest BCUT2D eigenvalue weighted by molar-refractivity contribution is 5.50. The van der Waals surface area contributed by atoms with Crippen LogP contribution in [0.1, 0.15) is 12.0 Å². The average molecular weight is 186 g/mol. The second-order valence-corrected chi connectivity index (χ2v) is 3.47. The summed E-state index contributed by atoms with van der Waals surface area (Å²) in [7, 11) is 0. The Balaban J connectivity index is 2.12. The molecule has 1 N–H and O–H groups in total. The third-order valence-electron chi connectivity index (χ3n) is 2.48. The highest BCUT2D eigenvalue weighted by atomic mass is 15.2. The van der Waals surface area contributed by atoms with E-state index in [2.05, 4.69) is 28.3 Å². The van der Waals surface area contributed by atoms with E-state index in [1.807, 2.05) is 12.1 Å². The van der Waals surface area contributed by atoms with Crippen LogP contribution in [0.3, 0.4) is 0 Å². The van der Waals surface area contributed by atoms with Crippen LogP contribution in [0.5, 0.6) is 0 Å². The van der Waals surface area contributed by atoms with E-state index in [1.54, 1.807) is 0 Å². The van der Waals surface area contributed by atoms with E-state index in [9.17, 15) is 0 Å². The second-order valence-electron chi connectivity index (χ2n) is 3.47. The quantitative estimate of drug-likeness (QED) is 0.667. The van der Waals surface area contributed by atoms with Crippen LogP contribution >= 0.6 is 0 Å². The molecular formula is C12H14N2. The number of hydrogen-bond donors (Lipinski definition) is 1. The van der Waals surface area contributed by atoms with E-state index in [1.165, 1.54) is 12.1 Å². The summed E-state index contributed by atoms with van der Waals surface area (Å²) in [6.45, 7) is 3.19. The molecule has 1 fully saturated rings. The van der Waals surface area contributed by atoms with Gasteiger partial charge in [0.15, 0.2) is 0 Å². The SMILES string of the molecule is C#Cc1ccc(N2CCCNC2)cc1. The van der Waals surface area contributed by atoms with Crippen LogP contribution in [-0.2, 0) is 0 Å². The first-order valence-electron chi connectivity index (χ1n) is 4.92.